The van der Waals surface area contributed by atoms with Gasteiger partial charge in [0, 0.05) is 12.1 Å². The summed E-state index contributed by atoms with van der Waals surface area (Å²) in [5, 5.41) is 9.98. The number of rotatable bonds is 2. The maximum absolute atomic E-state index is 10.8. The predicted molar refractivity (Wildman–Crippen MR) is 73.2 cm³/mol. The number of amides is 2. The van der Waals surface area contributed by atoms with Gasteiger partial charge in [0.15, 0.2) is 0 Å². The summed E-state index contributed by atoms with van der Waals surface area (Å²) in [6.07, 6.45) is -0.322. The molecule has 0 aromatic carbocycles. The number of aliphatic carboxylic acids is 1. The molecule has 3 atom stereocenters. The minimum Gasteiger partial charge on any atom is -0.475 e. The number of hydrogen-bond acceptors (Lipinski definition) is 3. The fourth-order valence-corrected chi connectivity index (χ4v) is 3.22. The first-order valence-electron chi connectivity index (χ1n) is 7.25. The second-order valence-corrected chi connectivity index (χ2v) is 5.57. The van der Waals surface area contributed by atoms with E-state index in [1.165, 1.54) is 19.4 Å². The van der Waals surface area contributed by atoms with Gasteiger partial charge in [0.25, 0.3) is 0 Å². The van der Waals surface area contributed by atoms with Crippen LogP contribution < -0.4 is 11.1 Å². The van der Waals surface area contributed by atoms with Crippen molar-refractivity contribution in [2.24, 2.45) is 11.7 Å². The monoisotopic (exact) mass is 325 g/mol. The van der Waals surface area contributed by atoms with Crippen LogP contribution in [0.5, 0.6) is 0 Å². The number of likely N-dealkylation sites (tertiary alicyclic amines) is 1. The number of carboxylic acids is 1. The number of nitrogens with two attached hydrogens (primary N) is 1. The molecule has 2 rings (SSSR count). The van der Waals surface area contributed by atoms with Crippen molar-refractivity contribution in [1.29, 1.82) is 0 Å². The summed E-state index contributed by atoms with van der Waals surface area (Å²) < 4.78 is 31.7. The zero-order valence-electron chi connectivity index (χ0n) is 12.4. The second-order valence-electron chi connectivity index (χ2n) is 5.57. The largest absolute Gasteiger partial charge is 0.490 e. The van der Waals surface area contributed by atoms with E-state index in [0.717, 1.165) is 25.3 Å². The van der Waals surface area contributed by atoms with Crippen molar-refractivity contribution in [3.63, 3.8) is 0 Å². The third-order valence-electron chi connectivity index (χ3n) is 4.21. The van der Waals surface area contributed by atoms with E-state index in [2.05, 4.69) is 17.1 Å². The van der Waals surface area contributed by atoms with Crippen LogP contribution in [0, 0.1) is 5.92 Å². The van der Waals surface area contributed by atoms with Crippen LogP contribution in [-0.2, 0) is 4.79 Å². The van der Waals surface area contributed by atoms with Crippen molar-refractivity contribution < 1.29 is 27.9 Å². The van der Waals surface area contributed by atoms with E-state index in [0.29, 0.717) is 12.1 Å². The van der Waals surface area contributed by atoms with Gasteiger partial charge in [-0.1, -0.05) is 6.92 Å². The molecular formula is C13H22F3N3O3. The van der Waals surface area contributed by atoms with Crippen LogP contribution in [0.4, 0.5) is 18.0 Å². The number of alkyl halides is 3. The minimum absolute atomic E-state index is 0.302. The van der Waals surface area contributed by atoms with E-state index in [9.17, 15) is 18.0 Å². The molecule has 1 saturated heterocycles. The molecule has 1 aliphatic carbocycles. The number of carbonyl (C=O) groups is 2. The third-order valence-corrected chi connectivity index (χ3v) is 4.21. The van der Waals surface area contributed by atoms with Crippen molar-refractivity contribution in [3.8, 4) is 0 Å². The van der Waals surface area contributed by atoms with Crippen molar-refractivity contribution in [3.05, 3.63) is 0 Å². The van der Waals surface area contributed by atoms with E-state index in [4.69, 9.17) is 15.6 Å². The zero-order chi connectivity index (χ0) is 16.9. The molecule has 0 aromatic rings. The number of fused-ring (bicyclic) bond motifs is 1. The number of primary amides is 1. The molecule has 0 aromatic heterocycles. The molecule has 1 aliphatic heterocycles. The maximum Gasteiger partial charge on any atom is 0.490 e. The number of nitrogens with one attached hydrogen (secondary N) is 1. The summed E-state index contributed by atoms with van der Waals surface area (Å²) in [7, 11) is 0. The standard InChI is InChI=1S/C11H21N3O.C2HF3O2/c1-2-14-6-5-8-3-4-9(7-10(8)14)13-11(12)15;3-2(4,5)1(6)7/h8-10H,2-7H2,1H3,(H3,12,13,15);(H,6,7). The first-order chi connectivity index (χ1) is 10.1. The number of halogens is 3. The lowest BCUT2D eigenvalue weighted by molar-refractivity contribution is -0.192. The van der Waals surface area contributed by atoms with Crippen molar-refractivity contribution >= 4 is 12.0 Å². The highest BCUT2D eigenvalue weighted by Gasteiger charge is 2.39. The summed E-state index contributed by atoms with van der Waals surface area (Å²) in [5.41, 5.74) is 5.16. The maximum atomic E-state index is 10.8. The third kappa shape index (κ3) is 5.36. The molecule has 1 heterocycles. The van der Waals surface area contributed by atoms with Crippen molar-refractivity contribution in [2.75, 3.05) is 13.1 Å². The average Bonchev–Trinajstić information content (AvgIpc) is 2.79. The van der Waals surface area contributed by atoms with E-state index >= 15 is 0 Å². The summed E-state index contributed by atoms with van der Waals surface area (Å²) in [6, 6.07) is 0.607. The number of hydrogen-bond donors (Lipinski definition) is 3. The first-order valence-corrected chi connectivity index (χ1v) is 7.25. The number of nitrogens with zero attached hydrogens (tertiary/aromatic N) is 1. The molecule has 22 heavy (non-hydrogen) atoms. The smallest absolute Gasteiger partial charge is 0.475 e. The van der Waals surface area contributed by atoms with Gasteiger partial charge in [0.05, 0.1) is 0 Å². The van der Waals surface area contributed by atoms with Gasteiger partial charge in [-0.2, -0.15) is 13.2 Å². The van der Waals surface area contributed by atoms with E-state index in [-0.39, 0.29) is 6.03 Å². The molecule has 2 amide bonds. The molecule has 0 spiro atoms. The van der Waals surface area contributed by atoms with Gasteiger partial charge in [-0.3, -0.25) is 0 Å². The molecule has 2 aliphatic rings. The van der Waals surface area contributed by atoms with Crippen LogP contribution >= 0.6 is 0 Å². The van der Waals surface area contributed by atoms with Crippen LogP contribution in [0.3, 0.4) is 0 Å². The van der Waals surface area contributed by atoms with Gasteiger partial charge in [0.1, 0.15) is 0 Å². The quantitative estimate of drug-likeness (QED) is 0.718. The molecule has 3 unspecified atom stereocenters. The van der Waals surface area contributed by atoms with Gasteiger partial charge in [-0.15, -0.1) is 0 Å². The zero-order valence-corrected chi connectivity index (χ0v) is 12.4. The Morgan fingerprint density at radius 2 is 1.91 bits per heavy atom. The summed E-state index contributed by atoms with van der Waals surface area (Å²) in [4.78, 5) is 22.2. The number of carbonyl (C=O) groups excluding carboxylic acids is 1. The minimum atomic E-state index is -5.08. The van der Waals surface area contributed by atoms with Crippen LogP contribution in [0.15, 0.2) is 0 Å². The molecule has 2 fully saturated rings. The molecule has 0 radical (unpaired) electrons. The predicted octanol–water partition coefficient (Wildman–Crippen LogP) is 1.55. The van der Waals surface area contributed by atoms with Crippen molar-refractivity contribution in [2.45, 2.75) is 50.9 Å². The van der Waals surface area contributed by atoms with Crippen LogP contribution in [0.1, 0.15) is 32.6 Å². The molecule has 9 heteroatoms. The Labute approximate surface area is 126 Å². The van der Waals surface area contributed by atoms with Gasteiger partial charge in [-0.25, -0.2) is 9.59 Å². The van der Waals surface area contributed by atoms with E-state index < -0.39 is 12.1 Å². The van der Waals surface area contributed by atoms with E-state index in [1.54, 1.807) is 0 Å². The Balaban J connectivity index is 0.000000295. The highest BCUT2D eigenvalue weighted by atomic mass is 19.4. The Kier molecular flexibility index (Phi) is 6.46. The van der Waals surface area contributed by atoms with Crippen LogP contribution in [0.2, 0.25) is 0 Å². The van der Waals surface area contributed by atoms with Crippen LogP contribution in [0.25, 0.3) is 0 Å². The molecule has 4 N–H and O–H groups in total. The number of urea groups is 1. The van der Waals surface area contributed by atoms with E-state index in [1.807, 2.05) is 0 Å². The molecule has 1 saturated carbocycles. The average molecular weight is 325 g/mol. The Morgan fingerprint density at radius 1 is 1.32 bits per heavy atom. The fourth-order valence-electron chi connectivity index (χ4n) is 3.22. The van der Waals surface area contributed by atoms with Gasteiger partial charge < -0.3 is 21.1 Å². The fraction of sp³-hybridized carbons (Fsp3) is 0.846. The molecule has 6 nitrogen and oxygen atoms in total. The summed E-state index contributed by atoms with van der Waals surface area (Å²) in [5.74, 6) is -1.90. The highest BCUT2D eigenvalue weighted by molar-refractivity contribution is 5.73. The summed E-state index contributed by atoms with van der Waals surface area (Å²) in [6.45, 7) is 4.58. The van der Waals surface area contributed by atoms with Gasteiger partial charge >= 0.3 is 18.2 Å². The summed E-state index contributed by atoms with van der Waals surface area (Å²) >= 11 is 0. The second kappa shape index (κ2) is 7.66. The Morgan fingerprint density at radius 3 is 2.36 bits per heavy atom. The van der Waals surface area contributed by atoms with Crippen molar-refractivity contribution in [1.82, 2.24) is 10.2 Å². The topological polar surface area (TPSA) is 95.7 Å². The van der Waals surface area contributed by atoms with Gasteiger partial charge in [-0.05, 0) is 44.7 Å². The highest BCUT2D eigenvalue weighted by Crippen LogP contribution is 2.35. The Hall–Kier alpha value is -1.51. The lowest BCUT2D eigenvalue weighted by Gasteiger charge is -2.35. The first kappa shape index (κ1) is 18.5. The molecule has 0 bridgehead atoms. The SMILES string of the molecule is CCN1CCC2CCC(NC(N)=O)CC21.O=C(O)C(F)(F)F. The Bertz CT molecular complexity index is 398. The molecular weight excluding hydrogens is 303 g/mol. The lowest BCUT2D eigenvalue weighted by atomic mass is 9.82. The van der Waals surface area contributed by atoms with Crippen LogP contribution in [-0.4, -0.2) is 53.4 Å². The molecule has 128 valence electrons. The normalized spacial score (nSPS) is 28.3. The van der Waals surface area contributed by atoms with Gasteiger partial charge in [0.2, 0.25) is 0 Å². The number of carboxylic acid groups (broad SMARTS) is 1. The lowest BCUT2D eigenvalue weighted by Crippen LogP contribution is -2.47.